The van der Waals surface area contributed by atoms with Crippen molar-refractivity contribution in [3.8, 4) is 0 Å². The minimum Gasteiger partial charge on any atom is -0.481 e. The molecule has 6 nitrogen and oxygen atoms in total. The first kappa shape index (κ1) is 10.4. The Labute approximate surface area is 91.7 Å². The second-order valence-electron chi connectivity index (χ2n) is 3.71. The van der Waals surface area contributed by atoms with Gasteiger partial charge in [0.1, 0.15) is 5.82 Å². The molecule has 1 saturated heterocycles. The summed E-state index contributed by atoms with van der Waals surface area (Å²) >= 11 is 0. The van der Waals surface area contributed by atoms with Crippen LogP contribution >= 0.6 is 0 Å². The van der Waals surface area contributed by atoms with Crippen LogP contribution in [0.25, 0.3) is 0 Å². The van der Waals surface area contributed by atoms with Gasteiger partial charge < -0.3 is 15.7 Å². The topological polar surface area (TPSA) is 96.5 Å². The maximum atomic E-state index is 10.9. The summed E-state index contributed by atoms with van der Waals surface area (Å²) in [5.74, 6) is -1.07. The number of carboxylic acid groups (broad SMARTS) is 1. The van der Waals surface area contributed by atoms with Crippen LogP contribution in [0.2, 0.25) is 0 Å². The Hall–Kier alpha value is -2.11. The molecule has 0 aromatic carbocycles. The van der Waals surface area contributed by atoms with E-state index in [1.54, 1.807) is 11.0 Å². The number of pyridine rings is 1. The zero-order valence-electron chi connectivity index (χ0n) is 8.46. The van der Waals surface area contributed by atoms with E-state index >= 15 is 0 Å². The van der Waals surface area contributed by atoms with E-state index in [9.17, 15) is 9.59 Å². The second-order valence-corrected chi connectivity index (χ2v) is 3.71. The van der Waals surface area contributed by atoms with E-state index in [0.717, 1.165) is 0 Å². The molecule has 0 saturated carbocycles. The third kappa shape index (κ3) is 1.81. The highest BCUT2D eigenvalue weighted by Gasteiger charge is 2.33. The molecule has 1 aliphatic rings. The minimum atomic E-state index is -0.803. The molecule has 0 atom stereocenters. The normalized spacial score (nSPS) is 15.6. The van der Waals surface area contributed by atoms with E-state index in [1.807, 2.05) is 0 Å². The summed E-state index contributed by atoms with van der Waals surface area (Å²) in [7, 11) is 0. The largest absolute Gasteiger partial charge is 0.481 e. The number of carbonyl (C=O) groups is 2. The number of rotatable bonds is 3. The van der Waals surface area contributed by atoms with Gasteiger partial charge in [-0.1, -0.05) is 0 Å². The summed E-state index contributed by atoms with van der Waals surface area (Å²) in [4.78, 5) is 27.4. The van der Waals surface area contributed by atoms with Gasteiger partial charge in [0.05, 0.1) is 5.92 Å². The first-order valence-corrected chi connectivity index (χ1v) is 4.81. The van der Waals surface area contributed by atoms with E-state index in [1.165, 1.54) is 12.3 Å². The van der Waals surface area contributed by atoms with Gasteiger partial charge in [-0.05, 0) is 12.1 Å². The number of primary amides is 1. The monoisotopic (exact) mass is 221 g/mol. The van der Waals surface area contributed by atoms with Crippen LogP contribution in [-0.2, 0) is 4.79 Å². The maximum Gasteiger partial charge on any atom is 0.310 e. The molecule has 1 amide bonds. The minimum absolute atomic E-state index is 0.348. The molecule has 3 N–H and O–H groups in total. The maximum absolute atomic E-state index is 10.9. The van der Waals surface area contributed by atoms with E-state index < -0.39 is 11.9 Å². The van der Waals surface area contributed by atoms with Crippen LogP contribution < -0.4 is 10.6 Å². The van der Waals surface area contributed by atoms with Crippen LogP contribution in [0.15, 0.2) is 18.3 Å². The Morgan fingerprint density at radius 2 is 2.19 bits per heavy atom. The van der Waals surface area contributed by atoms with Crippen molar-refractivity contribution in [1.29, 1.82) is 0 Å². The highest BCUT2D eigenvalue weighted by molar-refractivity contribution is 5.93. The third-order valence-corrected chi connectivity index (χ3v) is 2.58. The van der Waals surface area contributed by atoms with Crippen molar-refractivity contribution in [2.45, 2.75) is 0 Å². The van der Waals surface area contributed by atoms with Crippen molar-refractivity contribution in [1.82, 2.24) is 4.98 Å². The Morgan fingerprint density at radius 3 is 2.75 bits per heavy atom. The molecule has 0 radical (unpaired) electrons. The summed E-state index contributed by atoms with van der Waals surface area (Å²) < 4.78 is 0. The molecule has 6 heteroatoms. The summed E-state index contributed by atoms with van der Waals surface area (Å²) in [5.41, 5.74) is 5.52. The number of carboxylic acids is 1. The molecular weight excluding hydrogens is 210 g/mol. The number of nitrogens with zero attached hydrogens (tertiary/aromatic N) is 2. The van der Waals surface area contributed by atoms with Crippen LogP contribution in [0.4, 0.5) is 5.82 Å². The van der Waals surface area contributed by atoms with Gasteiger partial charge >= 0.3 is 5.97 Å². The molecule has 1 aliphatic heterocycles. The molecule has 2 heterocycles. The first-order chi connectivity index (χ1) is 7.58. The number of carbonyl (C=O) groups excluding carboxylic acids is 1. The molecule has 2 rings (SSSR count). The van der Waals surface area contributed by atoms with E-state index in [2.05, 4.69) is 4.98 Å². The van der Waals surface area contributed by atoms with Gasteiger partial charge in [-0.2, -0.15) is 0 Å². The summed E-state index contributed by atoms with van der Waals surface area (Å²) in [6.45, 7) is 0.842. The number of hydrogen-bond donors (Lipinski definition) is 2. The predicted octanol–water partition coefficient (Wildman–Crippen LogP) is -0.299. The summed E-state index contributed by atoms with van der Waals surface area (Å²) in [6, 6.07) is 3.10. The Morgan fingerprint density at radius 1 is 1.50 bits per heavy atom. The number of hydrogen-bond acceptors (Lipinski definition) is 4. The van der Waals surface area contributed by atoms with Gasteiger partial charge in [0, 0.05) is 24.8 Å². The first-order valence-electron chi connectivity index (χ1n) is 4.81. The summed E-state index contributed by atoms with van der Waals surface area (Å²) in [5, 5.41) is 8.72. The van der Waals surface area contributed by atoms with Crippen molar-refractivity contribution >= 4 is 17.7 Å². The lowest BCUT2D eigenvalue weighted by Crippen LogP contribution is -2.50. The van der Waals surface area contributed by atoms with Gasteiger partial charge in [0.2, 0.25) is 5.91 Å². The Balaban J connectivity index is 2.09. The Bertz CT molecular complexity index is 441. The molecule has 0 aliphatic carbocycles. The predicted molar refractivity (Wildman–Crippen MR) is 56.1 cm³/mol. The van der Waals surface area contributed by atoms with Crippen molar-refractivity contribution in [2.75, 3.05) is 18.0 Å². The van der Waals surface area contributed by atoms with Gasteiger partial charge in [-0.25, -0.2) is 4.98 Å². The average molecular weight is 221 g/mol. The zero-order valence-corrected chi connectivity index (χ0v) is 8.46. The molecule has 0 spiro atoms. The molecule has 0 unspecified atom stereocenters. The number of aliphatic carboxylic acids is 1. The molecule has 16 heavy (non-hydrogen) atoms. The summed E-state index contributed by atoms with van der Waals surface area (Å²) in [6.07, 6.45) is 1.49. The number of aromatic nitrogens is 1. The van der Waals surface area contributed by atoms with Crippen LogP contribution in [0.5, 0.6) is 0 Å². The van der Waals surface area contributed by atoms with Gasteiger partial charge in [0.15, 0.2) is 0 Å². The van der Waals surface area contributed by atoms with Crippen molar-refractivity contribution in [3.05, 3.63) is 23.9 Å². The van der Waals surface area contributed by atoms with Gasteiger partial charge in [-0.3, -0.25) is 9.59 Å². The number of amides is 1. The molecule has 1 aromatic heterocycles. The van der Waals surface area contributed by atoms with Crippen LogP contribution in [-0.4, -0.2) is 35.1 Å². The quantitative estimate of drug-likeness (QED) is 0.730. The number of anilines is 1. The fourth-order valence-corrected chi connectivity index (χ4v) is 1.57. The van der Waals surface area contributed by atoms with Crippen LogP contribution in [0.3, 0.4) is 0 Å². The lowest BCUT2D eigenvalue weighted by atomic mass is 10.0. The van der Waals surface area contributed by atoms with Gasteiger partial charge in [-0.15, -0.1) is 0 Å². The van der Waals surface area contributed by atoms with Crippen LogP contribution in [0.1, 0.15) is 10.4 Å². The van der Waals surface area contributed by atoms with Crippen molar-refractivity contribution in [2.24, 2.45) is 11.7 Å². The highest BCUT2D eigenvalue weighted by atomic mass is 16.4. The smallest absolute Gasteiger partial charge is 0.310 e. The van der Waals surface area contributed by atoms with Crippen molar-refractivity contribution < 1.29 is 14.7 Å². The molecule has 0 bridgehead atoms. The van der Waals surface area contributed by atoms with Crippen LogP contribution in [0, 0.1) is 5.92 Å². The average Bonchev–Trinajstić information content (AvgIpc) is 2.15. The SMILES string of the molecule is NC(=O)c1ccnc(N2CC(C(=O)O)C2)c1. The molecule has 84 valence electrons. The fourth-order valence-electron chi connectivity index (χ4n) is 1.57. The highest BCUT2D eigenvalue weighted by Crippen LogP contribution is 2.23. The lowest BCUT2D eigenvalue weighted by Gasteiger charge is -2.37. The molecular formula is C10H11N3O3. The Kier molecular flexibility index (Phi) is 2.47. The second kappa shape index (κ2) is 3.80. The third-order valence-electron chi connectivity index (χ3n) is 2.58. The fraction of sp³-hybridized carbons (Fsp3) is 0.300. The zero-order chi connectivity index (χ0) is 11.7. The van der Waals surface area contributed by atoms with E-state index in [-0.39, 0.29) is 5.92 Å². The standard InChI is InChI=1S/C10H11N3O3/c11-9(14)6-1-2-12-8(3-6)13-4-7(5-13)10(15)16/h1-3,7H,4-5H2,(H2,11,14)(H,15,16). The molecule has 1 aromatic rings. The van der Waals surface area contributed by atoms with Crippen molar-refractivity contribution in [3.63, 3.8) is 0 Å². The number of nitrogens with two attached hydrogens (primary N) is 1. The van der Waals surface area contributed by atoms with E-state index in [4.69, 9.17) is 10.8 Å². The lowest BCUT2D eigenvalue weighted by molar-refractivity contribution is -0.142. The van der Waals surface area contributed by atoms with E-state index in [0.29, 0.717) is 24.5 Å². The molecule has 1 fully saturated rings. The van der Waals surface area contributed by atoms with Gasteiger partial charge in [0.25, 0.3) is 0 Å².